The number of hydrogen-bond acceptors (Lipinski definition) is 2. The average molecular weight is 896 g/mol. The Bertz CT molecular complexity index is 3770. The van der Waals surface area contributed by atoms with Crippen LogP contribution in [-0.2, 0) is 5.41 Å². The van der Waals surface area contributed by atoms with E-state index in [0.717, 1.165) is 17.1 Å². The zero-order chi connectivity index (χ0) is 45.7. The fourth-order valence-electron chi connectivity index (χ4n) is 11.0. The molecule has 0 unspecified atom stereocenters. The van der Waals surface area contributed by atoms with E-state index in [1.807, 2.05) is 11.3 Å². The van der Waals surface area contributed by atoms with Crippen molar-refractivity contribution in [2.75, 3.05) is 4.90 Å². The van der Waals surface area contributed by atoms with E-state index in [4.69, 9.17) is 0 Å². The van der Waals surface area contributed by atoms with Crippen molar-refractivity contribution in [3.05, 3.63) is 295 Å². The molecule has 1 heterocycles. The predicted molar refractivity (Wildman–Crippen MR) is 293 cm³/mol. The summed E-state index contributed by atoms with van der Waals surface area (Å²) in [4.78, 5) is 2.39. The van der Waals surface area contributed by atoms with E-state index in [1.54, 1.807) is 0 Å². The van der Waals surface area contributed by atoms with E-state index in [1.165, 1.54) is 98.1 Å². The molecule has 0 aliphatic heterocycles. The van der Waals surface area contributed by atoms with E-state index in [2.05, 4.69) is 278 Å². The third-order valence-corrected chi connectivity index (χ3v) is 15.4. The van der Waals surface area contributed by atoms with Gasteiger partial charge in [-0.3, -0.25) is 0 Å². The van der Waals surface area contributed by atoms with Gasteiger partial charge in [-0.15, -0.1) is 11.3 Å². The molecule has 0 N–H and O–H groups in total. The largest absolute Gasteiger partial charge is 0.311 e. The monoisotopic (exact) mass is 895 g/mol. The molecule has 0 bridgehead atoms. The van der Waals surface area contributed by atoms with Gasteiger partial charge in [0.25, 0.3) is 0 Å². The molecule has 69 heavy (non-hydrogen) atoms. The number of rotatable bonds is 9. The molecule has 324 valence electrons. The summed E-state index contributed by atoms with van der Waals surface area (Å²) in [5.41, 5.74) is 20.2. The zero-order valence-electron chi connectivity index (χ0n) is 37.8. The molecular weight excluding hydrogens is 851 g/mol. The summed E-state index contributed by atoms with van der Waals surface area (Å²) in [6, 6.07) is 100. The fourth-order valence-corrected chi connectivity index (χ4v) is 12.2. The number of benzene rings is 11. The highest BCUT2D eigenvalue weighted by molar-refractivity contribution is 7.26. The van der Waals surface area contributed by atoms with Gasteiger partial charge in [0, 0.05) is 37.2 Å². The van der Waals surface area contributed by atoms with Crippen LogP contribution in [0.15, 0.2) is 273 Å². The van der Waals surface area contributed by atoms with Gasteiger partial charge in [0.1, 0.15) is 0 Å². The standard InChI is InChI=1S/C67H45NS/c1-3-16-46(17-4-1)49-18-13-19-50(44-49)47-32-38-55(39-33-47)68(56-40-34-48(35-41-56)51-20-14-21-52(45-51)58-27-15-28-62-61-26-9-12-31-65(61)69-66(58)62)57-42-36-54(37-43-57)67(53-22-5-2-6-23-53)63-29-10-7-24-59(63)60-25-8-11-30-64(60)67/h1-45H. The molecule has 2 heteroatoms. The van der Waals surface area contributed by atoms with Crippen molar-refractivity contribution in [2.45, 2.75) is 5.41 Å². The van der Waals surface area contributed by atoms with Crippen LogP contribution in [0, 0.1) is 0 Å². The lowest BCUT2D eigenvalue weighted by atomic mass is 9.68. The first-order chi connectivity index (χ1) is 34.2. The SMILES string of the molecule is c1ccc(-c2cccc(-c3ccc(N(c4ccc(-c5cccc(-c6cccc7c6sc6ccccc67)c5)cc4)c4ccc(C5(c6ccccc6)c6ccccc6-c6ccccc65)cc4)cc3)c2)cc1. The number of fused-ring (bicyclic) bond motifs is 6. The Hall–Kier alpha value is -8.56. The molecular formula is C67H45NS. The summed E-state index contributed by atoms with van der Waals surface area (Å²) in [5, 5.41) is 2.64. The topological polar surface area (TPSA) is 3.24 Å². The van der Waals surface area contributed by atoms with Gasteiger partial charge in [-0.1, -0.05) is 218 Å². The molecule has 1 nitrogen and oxygen atoms in total. The maximum absolute atomic E-state index is 2.39. The first kappa shape index (κ1) is 40.7. The van der Waals surface area contributed by atoms with Crippen molar-refractivity contribution >= 4 is 48.6 Å². The van der Waals surface area contributed by atoms with E-state index >= 15 is 0 Å². The van der Waals surface area contributed by atoms with Crippen LogP contribution >= 0.6 is 11.3 Å². The van der Waals surface area contributed by atoms with Crippen LogP contribution in [0.4, 0.5) is 17.1 Å². The minimum absolute atomic E-state index is 0.466. The van der Waals surface area contributed by atoms with Crippen molar-refractivity contribution in [3.8, 4) is 55.6 Å². The molecule has 0 saturated heterocycles. The Morgan fingerprint density at radius 3 is 1.29 bits per heavy atom. The molecule has 1 aliphatic rings. The molecule has 0 atom stereocenters. The predicted octanol–water partition coefficient (Wildman–Crippen LogP) is 18.6. The number of nitrogens with zero attached hydrogens (tertiary/aromatic N) is 1. The molecule has 12 aromatic rings. The second kappa shape index (κ2) is 16.9. The van der Waals surface area contributed by atoms with Crippen LogP contribution in [0.2, 0.25) is 0 Å². The summed E-state index contributed by atoms with van der Waals surface area (Å²) >= 11 is 1.88. The first-order valence-electron chi connectivity index (χ1n) is 23.7. The van der Waals surface area contributed by atoms with Crippen molar-refractivity contribution in [2.24, 2.45) is 0 Å². The van der Waals surface area contributed by atoms with Crippen molar-refractivity contribution in [1.82, 2.24) is 0 Å². The van der Waals surface area contributed by atoms with Crippen LogP contribution in [-0.4, -0.2) is 0 Å². The van der Waals surface area contributed by atoms with Crippen molar-refractivity contribution in [1.29, 1.82) is 0 Å². The number of anilines is 3. The zero-order valence-corrected chi connectivity index (χ0v) is 38.7. The second-order valence-corrected chi connectivity index (χ2v) is 19.0. The molecule has 0 radical (unpaired) electrons. The maximum Gasteiger partial charge on any atom is 0.0713 e. The highest BCUT2D eigenvalue weighted by Gasteiger charge is 2.45. The van der Waals surface area contributed by atoms with Gasteiger partial charge in [0.2, 0.25) is 0 Å². The van der Waals surface area contributed by atoms with Gasteiger partial charge in [-0.25, -0.2) is 0 Å². The van der Waals surface area contributed by atoms with Gasteiger partial charge >= 0.3 is 0 Å². The van der Waals surface area contributed by atoms with E-state index in [9.17, 15) is 0 Å². The molecule has 0 amide bonds. The van der Waals surface area contributed by atoms with Gasteiger partial charge < -0.3 is 4.90 Å². The van der Waals surface area contributed by atoms with Gasteiger partial charge in [-0.2, -0.15) is 0 Å². The molecule has 0 saturated carbocycles. The van der Waals surface area contributed by atoms with Crippen LogP contribution < -0.4 is 4.90 Å². The van der Waals surface area contributed by atoms with Crippen molar-refractivity contribution in [3.63, 3.8) is 0 Å². The second-order valence-electron chi connectivity index (χ2n) is 18.0. The van der Waals surface area contributed by atoms with Gasteiger partial charge in [-0.05, 0) is 132 Å². The third-order valence-electron chi connectivity index (χ3n) is 14.2. The van der Waals surface area contributed by atoms with E-state index in [0.29, 0.717) is 0 Å². The minimum Gasteiger partial charge on any atom is -0.311 e. The Kier molecular flexibility index (Phi) is 10.00. The summed E-state index contributed by atoms with van der Waals surface area (Å²) in [6.07, 6.45) is 0. The number of thiophene rings is 1. The molecule has 1 aliphatic carbocycles. The molecule has 11 aromatic carbocycles. The molecule has 0 spiro atoms. The molecule has 13 rings (SSSR count). The number of hydrogen-bond donors (Lipinski definition) is 0. The van der Waals surface area contributed by atoms with Gasteiger partial charge in [0.05, 0.1) is 5.41 Å². The van der Waals surface area contributed by atoms with E-state index < -0.39 is 5.41 Å². The normalized spacial score (nSPS) is 12.5. The average Bonchev–Trinajstić information content (AvgIpc) is 3.96. The smallest absolute Gasteiger partial charge is 0.0713 e. The quantitative estimate of drug-likeness (QED) is 0.140. The maximum atomic E-state index is 2.39. The first-order valence-corrected chi connectivity index (χ1v) is 24.5. The Morgan fingerprint density at radius 1 is 0.275 bits per heavy atom. The molecule has 1 aromatic heterocycles. The lowest BCUT2D eigenvalue weighted by molar-refractivity contribution is 0.768. The van der Waals surface area contributed by atoms with Gasteiger partial charge in [0.15, 0.2) is 0 Å². The third kappa shape index (κ3) is 6.91. The van der Waals surface area contributed by atoms with Crippen LogP contribution in [0.3, 0.4) is 0 Å². The van der Waals surface area contributed by atoms with Crippen LogP contribution in [0.25, 0.3) is 75.8 Å². The summed E-state index contributed by atoms with van der Waals surface area (Å²) in [5.74, 6) is 0. The summed E-state index contributed by atoms with van der Waals surface area (Å²) < 4.78 is 2.65. The van der Waals surface area contributed by atoms with Crippen LogP contribution in [0.1, 0.15) is 22.3 Å². The van der Waals surface area contributed by atoms with E-state index in [-0.39, 0.29) is 0 Å². The Morgan fingerprint density at radius 2 is 0.681 bits per heavy atom. The Labute approximate surface area is 407 Å². The lowest BCUT2D eigenvalue weighted by Crippen LogP contribution is -2.28. The highest BCUT2D eigenvalue weighted by Crippen LogP contribution is 2.56. The Balaban J connectivity index is 0.903. The van der Waals surface area contributed by atoms with Crippen molar-refractivity contribution < 1.29 is 0 Å². The lowest BCUT2D eigenvalue weighted by Gasteiger charge is -2.34. The molecule has 0 fully saturated rings. The summed E-state index contributed by atoms with van der Waals surface area (Å²) in [7, 11) is 0. The minimum atomic E-state index is -0.466. The fraction of sp³-hybridized carbons (Fsp3) is 0.0149. The van der Waals surface area contributed by atoms with Crippen LogP contribution in [0.5, 0.6) is 0 Å². The highest BCUT2D eigenvalue weighted by atomic mass is 32.1. The summed E-state index contributed by atoms with van der Waals surface area (Å²) in [6.45, 7) is 0.